The zero-order chi connectivity index (χ0) is 23.4. The third kappa shape index (κ3) is 5.01. The Morgan fingerprint density at radius 1 is 1.00 bits per heavy atom. The van der Waals surface area contributed by atoms with Crippen LogP contribution in [0.15, 0.2) is 71.6 Å². The van der Waals surface area contributed by atoms with Gasteiger partial charge in [0, 0.05) is 11.8 Å². The minimum absolute atomic E-state index is 0.0419. The maximum absolute atomic E-state index is 13.5. The monoisotopic (exact) mass is 472 g/mol. The minimum Gasteiger partial charge on any atom is -0.497 e. The standard InChI is InChI=1S/C23H21FN2O6S/c1-30-19-7-9-20(10-8-19)33(28,29)26(18-5-2-16(24)3-6-18)15-23(27)25-17-4-11-21-22(14-17)32-13-12-31-21/h2-11,14H,12-13,15H2,1H3,(H,25,27). The van der Waals surface area contributed by atoms with Gasteiger partial charge in [0.05, 0.1) is 17.7 Å². The molecule has 4 rings (SSSR count). The van der Waals surface area contributed by atoms with E-state index in [1.807, 2.05) is 0 Å². The zero-order valence-corrected chi connectivity index (χ0v) is 18.5. The number of methoxy groups -OCH3 is 1. The smallest absolute Gasteiger partial charge is 0.264 e. The number of halogens is 1. The lowest BCUT2D eigenvalue weighted by atomic mass is 10.2. The number of sulfonamides is 1. The van der Waals surface area contributed by atoms with E-state index in [-0.39, 0.29) is 10.6 Å². The van der Waals surface area contributed by atoms with Gasteiger partial charge in [-0.2, -0.15) is 0 Å². The van der Waals surface area contributed by atoms with Crippen LogP contribution in [0.1, 0.15) is 0 Å². The Hall–Kier alpha value is -3.79. The summed E-state index contributed by atoms with van der Waals surface area (Å²) in [5, 5.41) is 2.67. The molecule has 1 amide bonds. The van der Waals surface area contributed by atoms with Crippen molar-refractivity contribution in [1.29, 1.82) is 0 Å². The molecule has 3 aromatic carbocycles. The van der Waals surface area contributed by atoms with Crippen molar-refractivity contribution in [3.05, 3.63) is 72.5 Å². The molecule has 172 valence electrons. The van der Waals surface area contributed by atoms with Crippen LogP contribution in [-0.4, -0.2) is 41.2 Å². The fourth-order valence-electron chi connectivity index (χ4n) is 3.25. The van der Waals surface area contributed by atoms with E-state index in [2.05, 4.69) is 5.32 Å². The van der Waals surface area contributed by atoms with E-state index in [9.17, 15) is 17.6 Å². The van der Waals surface area contributed by atoms with Gasteiger partial charge in [-0.3, -0.25) is 9.10 Å². The molecule has 10 heteroatoms. The molecule has 0 saturated carbocycles. The highest BCUT2D eigenvalue weighted by molar-refractivity contribution is 7.92. The Morgan fingerprint density at radius 2 is 1.67 bits per heavy atom. The molecule has 0 saturated heterocycles. The SMILES string of the molecule is COc1ccc(S(=O)(=O)N(CC(=O)Nc2ccc3c(c2)OCCO3)c2ccc(F)cc2)cc1. The van der Waals surface area contributed by atoms with Gasteiger partial charge in [-0.1, -0.05) is 0 Å². The van der Waals surface area contributed by atoms with Crippen molar-refractivity contribution in [2.45, 2.75) is 4.90 Å². The van der Waals surface area contributed by atoms with Gasteiger partial charge in [-0.05, 0) is 60.7 Å². The Bertz CT molecular complexity index is 1250. The Balaban J connectivity index is 1.60. The van der Waals surface area contributed by atoms with Gasteiger partial charge in [0.1, 0.15) is 31.3 Å². The number of carbonyl (C=O) groups excluding carboxylic acids is 1. The van der Waals surface area contributed by atoms with Gasteiger partial charge in [0.2, 0.25) is 5.91 Å². The maximum Gasteiger partial charge on any atom is 0.264 e. The summed E-state index contributed by atoms with van der Waals surface area (Å²) in [7, 11) is -2.68. The summed E-state index contributed by atoms with van der Waals surface area (Å²) < 4.78 is 57.2. The van der Waals surface area contributed by atoms with E-state index in [1.54, 1.807) is 18.2 Å². The lowest BCUT2D eigenvalue weighted by Crippen LogP contribution is -2.38. The molecule has 1 aliphatic rings. The summed E-state index contributed by atoms with van der Waals surface area (Å²) in [4.78, 5) is 12.8. The van der Waals surface area contributed by atoms with Crippen molar-refractivity contribution in [3.8, 4) is 17.2 Å². The number of carbonyl (C=O) groups is 1. The number of amides is 1. The molecule has 1 aliphatic heterocycles. The van der Waals surface area contributed by atoms with E-state index in [1.165, 1.54) is 43.5 Å². The summed E-state index contributed by atoms with van der Waals surface area (Å²) in [6, 6.07) is 15.5. The van der Waals surface area contributed by atoms with Gasteiger partial charge >= 0.3 is 0 Å². The summed E-state index contributed by atoms with van der Waals surface area (Å²) in [6.07, 6.45) is 0. The van der Waals surface area contributed by atoms with E-state index in [0.717, 1.165) is 16.4 Å². The number of fused-ring (bicyclic) bond motifs is 1. The van der Waals surface area contributed by atoms with Crippen LogP contribution in [0.2, 0.25) is 0 Å². The number of ether oxygens (including phenoxy) is 3. The molecule has 8 nitrogen and oxygen atoms in total. The molecule has 0 unspecified atom stereocenters. The molecule has 0 aromatic heterocycles. The lowest BCUT2D eigenvalue weighted by Gasteiger charge is -2.24. The normalized spacial score (nSPS) is 12.7. The summed E-state index contributed by atoms with van der Waals surface area (Å²) in [6.45, 7) is 0.297. The molecule has 0 spiro atoms. The molecule has 33 heavy (non-hydrogen) atoms. The van der Waals surface area contributed by atoms with Crippen LogP contribution in [0, 0.1) is 5.82 Å². The second-order valence-corrected chi connectivity index (χ2v) is 8.93. The first-order valence-electron chi connectivity index (χ1n) is 9.99. The van der Waals surface area contributed by atoms with Gasteiger partial charge in [-0.15, -0.1) is 0 Å². The molecule has 1 heterocycles. The zero-order valence-electron chi connectivity index (χ0n) is 17.7. The molecule has 0 atom stereocenters. The fraction of sp³-hybridized carbons (Fsp3) is 0.174. The predicted molar refractivity (Wildman–Crippen MR) is 120 cm³/mol. The minimum atomic E-state index is -4.14. The van der Waals surface area contributed by atoms with Crippen molar-refractivity contribution >= 4 is 27.3 Å². The highest BCUT2D eigenvalue weighted by atomic mass is 32.2. The molecular formula is C23H21FN2O6S. The Morgan fingerprint density at radius 3 is 2.33 bits per heavy atom. The van der Waals surface area contributed by atoms with Crippen molar-refractivity contribution in [3.63, 3.8) is 0 Å². The topological polar surface area (TPSA) is 94.2 Å². The molecule has 0 fully saturated rings. The van der Waals surface area contributed by atoms with Gasteiger partial charge in [0.15, 0.2) is 11.5 Å². The quantitative estimate of drug-likeness (QED) is 0.566. The first kappa shape index (κ1) is 22.4. The predicted octanol–water partition coefficient (Wildman–Crippen LogP) is 3.44. The van der Waals surface area contributed by atoms with Crippen LogP contribution in [0.3, 0.4) is 0 Å². The van der Waals surface area contributed by atoms with Crippen LogP contribution < -0.4 is 23.8 Å². The molecule has 0 aliphatic carbocycles. The van der Waals surface area contributed by atoms with Crippen LogP contribution >= 0.6 is 0 Å². The van der Waals surface area contributed by atoms with Crippen molar-refractivity contribution in [2.24, 2.45) is 0 Å². The summed E-state index contributed by atoms with van der Waals surface area (Å²) in [5.74, 6) is 0.419. The van der Waals surface area contributed by atoms with E-state index in [0.29, 0.717) is 36.1 Å². The molecule has 1 N–H and O–H groups in total. The lowest BCUT2D eigenvalue weighted by molar-refractivity contribution is -0.114. The van der Waals surface area contributed by atoms with Crippen molar-refractivity contribution in [2.75, 3.05) is 36.5 Å². The highest BCUT2D eigenvalue weighted by Crippen LogP contribution is 2.33. The van der Waals surface area contributed by atoms with Crippen LogP contribution in [0.5, 0.6) is 17.2 Å². The number of nitrogens with one attached hydrogen (secondary N) is 1. The number of hydrogen-bond acceptors (Lipinski definition) is 6. The summed E-state index contributed by atoms with van der Waals surface area (Å²) in [5.41, 5.74) is 0.565. The van der Waals surface area contributed by atoms with Crippen LogP contribution in [0.25, 0.3) is 0 Å². The van der Waals surface area contributed by atoms with Gasteiger partial charge < -0.3 is 19.5 Å². The molecule has 0 radical (unpaired) electrons. The fourth-order valence-corrected chi connectivity index (χ4v) is 4.67. The van der Waals surface area contributed by atoms with Gasteiger partial charge in [0.25, 0.3) is 10.0 Å². The number of nitrogens with zero attached hydrogens (tertiary/aromatic N) is 1. The summed E-state index contributed by atoms with van der Waals surface area (Å²) >= 11 is 0. The second kappa shape index (κ2) is 9.37. The average molecular weight is 472 g/mol. The average Bonchev–Trinajstić information content (AvgIpc) is 2.83. The van der Waals surface area contributed by atoms with Crippen LogP contribution in [-0.2, 0) is 14.8 Å². The Labute approximate surface area is 190 Å². The molecule has 0 bridgehead atoms. The number of benzene rings is 3. The van der Waals surface area contributed by atoms with E-state index >= 15 is 0 Å². The van der Waals surface area contributed by atoms with Crippen molar-refractivity contribution in [1.82, 2.24) is 0 Å². The van der Waals surface area contributed by atoms with E-state index in [4.69, 9.17) is 14.2 Å². The largest absolute Gasteiger partial charge is 0.497 e. The molecular weight excluding hydrogens is 451 g/mol. The number of anilines is 2. The first-order chi connectivity index (χ1) is 15.9. The maximum atomic E-state index is 13.5. The van der Waals surface area contributed by atoms with E-state index < -0.39 is 28.3 Å². The van der Waals surface area contributed by atoms with Gasteiger partial charge in [-0.25, -0.2) is 12.8 Å². The Kier molecular flexibility index (Phi) is 6.36. The third-order valence-electron chi connectivity index (χ3n) is 4.88. The van der Waals surface area contributed by atoms with Crippen molar-refractivity contribution < 1.29 is 31.8 Å². The third-order valence-corrected chi connectivity index (χ3v) is 6.66. The first-order valence-corrected chi connectivity index (χ1v) is 11.4. The second-order valence-electron chi connectivity index (χ2n) is 7.07. The highest BCUT2D eigenvalue weighted by Gasteiger charge is 2.27. The van der Waals surface area contributed by atoms with Crippen LogP contribution in [0.4, 0.5) is 15.8 Å². The molecule has 3 aromatic rings. The number of hydrogen-bond donors (Lipinski definition) is 1. The number of rotatable bonds is 7.